The second-order valence-electron chi connectivity index (χ2n) is 6.73. The van der Waals surface area contributed by atoms with Crippen LogP contribution in [0, 0.1) is 11.8 Å². The summed E-state index contributed by atoms with van der Waals surface area (Å²) in [6.45, 7) is 8.21. The Kier molecular flexibility index (Phi) is 4.71. The van der Waals surface area contributed by atoms with E-state index in [9.17, 15) is 9.59 Å². The molecule has 0 aromatic heterocycles. The molecule has 1 saturated heterocycles. The van der Waals surface area contributed by atoms with E-state index in [1.165, 1.54) is 19.3 Å². The zero-order valence-corrected chi connectivity index (χ0v) is 13.2. The van der Waals surface area contributed by atoms with Crippen LogP contribution in [0.4, 0.5) is 0 Å². The molecular weight excluding hydrogens is 252 g/mol. The Hall–Kier alpha value is -1.06. The largest absolute Gasteiger partial charge is 0.342 e. The molecule has 0 spiro atoms. The first kappa shape index (κ1) is 15.3. The molecule has 1 N–H and O–H groups in total. The number of rotatable bonds is 3. The van der Waals surface area contributed by atoms with Crippen molar-refractivity contribution in [2.24, 2.45) is 11.8 Å². The van der Waals surface area contributed by atoms with Gasteiger partial charge in [-0.3, -0.25) is 9.59 Å². The average Bonchev–Trinajstić information content (AvgIpc) is 2.41. The van der Waals surface area contributed by atoms with Gasteiger partial charge in [-0.2, -0.15) is 0 Å². The predicted octanol–water partition coefficient (Wildman–Crippen LogP) is 2.33. The smallest absolute Gasteiger partial charge is 0.246 e. The van der Waals surface area contributed by atoms with Gasteiger partial charge in [0.25, 0.3) is 0 Å². The van der Waals surface area contributed by atoms with Crippen LogP contribution in [-0.2, 0) is 9.59 Å². The summed E-state index contributed by atoms with van der Waals surface area (Å²) in [5, 5.41) is 2.92. The highest BCUT2D eigenvalue weighted by Crippen LogP contribution is 2.32. The lowest BCUT2D eigenvalue weighted by atomic mass is 9.82. The summed E-state index contributed by atoms with van der Waals surface area (Å²) in [4.78, 5) is 27.1. The van der Waals surface area contributed by atoms with Crippen molar-refractivity contribution in [3.05, 3.63) is 0 Å². The van der Waals surface area contributed by atoms with Crippen molar-refractivity contribution in [2.75, 3.05) is 0 Å². The zero-order valence-electron chi connectivity index (χ0n) is 13.2. The van der Waals surface area contributed by atoms with E-state index in [-0.39, 0.29) is 35.9 Å². The van der Waals surface area contributed by atoms with Crippen LogP contribution in [-0.4, -0.2) is 34.8 Å². The highest BCUT2D eigenvalue weighted by atomic mass is 16.2. The van der Waals surface area contributed by atoms with E-state index in [0.29, 0.717) is 12.3 Å². The van der Waals surface area contributed by atoms with Crippen molar-refractivity contribution < 1.29 is 9.59 Å². The second-order valence-corrected chi connectivity index (χ2v) is 6.73. The standard InChI is InChI=1S/C16H28N2O2/c1-5-12-15(19)17-14(10(2)3)16(20)18(12)13-9-7-6-8-11(13)4/h10-14H,5-9H2,1-4H3,(H,17,19). The maximum absolute atomic E-state index is 12.8. The number of hydrogen-bond donors (Lipinski definition) is 1. The molecule has 1 aliphatic heterocycles. The van der Waals surface area contributed by atoms with Gasteiger partial charge in [-0.05, 0) is 31.1 Å². The number of carbonyl (C=O) groups is 2. The molecule has 1 saturated carbocycles. The minimum Gasteiger partial charge on any atom is -0.342 e. The summed E-state index contributed by atoms with van der Waals surface area (Å²) in [6, 6.07) is -0.379. The van der Waals surface area contributed by atoms with Gasteiger partial charge in [0.05, 0.1) is 0 Å². The molecule has 2 amide bonds. The molecule has 4 heteroatoms. The lowest BCUT2D eigenvalue weighted by Crippen LogP contribution is -2.67. The molecule has 1 heterocycles. The number of nitrogens with one attached hydrogen (secondary N) is 1. The lowest BCUT2D eigenvalue weighted by Gasteiger charge is -2.47. The maximum Gasteiger partial charge on any atom is 0.246 e. The van der Waals surface area contributed by atoms with Gasteiger partial charge in [0, 0.05) is 6.04 Å². The van der Waals surface area contributed by atoms with Crippen LogP contribution in [0.1, 0.15) is 59.8 Å². The molecule has 2 aliphatic rings. The predicted molar refractivity (Wildman–Crippen MR) is 79.1 cm³/mol. The first-order chi connectivity index (χ1) is 9.47. The first-order valence-corrected chi connectivity index (χ1v) is 8.09. The van der Waals surface area contributed by atoms with Crippen LogP contribution in [0.2, 0.25) is 0 Å². The van der Waals surface area contributed by atoms with Crippen LogP contribution in [0.3, 0.4) is 0 Å². The summed E-state index contributed by atoms with van der Waals surface area (Å²) in [6.07, 6.45) is 5.32. The van der Waals surface area contributed by atoms with Crippen molar-refractivity contribution in [1.82, 2.24) is 10.2 Å². The Morgan fingerprint density at radius 1 is 1.25 bits per heavy atom. The molecule has 0 aromatic carbocycles. The van der Waals surface area contributed by atoms with Crippen molar-refractivity contribution in [1.29, 1.82) is 0 Å². The van der Waals surface area contributed by atoms with E-state index in [2.05, 4.69) is 12.2 Å². The monoisotopic (exact) mass is 280 g/mol. The number of amides is 2. The molecule has 2 rings (SSSR count). The summed E-state index contributed by atoms with van der Waals surface area (Å²) in [5.41, 5.74) is 0. The molecule has 0 bridgehead atoms. The molecule has 4 unspecified atom stereocenters. The maximum atomic E-state index is 12.8. The first-order valence-electron chi connectivity index (χ1n) is 8.09. The van der Waals surface area contributed by atoms with E-state index in [1.54, 1.807) is 0 Å². The van der Waals surface area contributed by atoms with E-state index in [1.807, 2.05) is 25.7 Å². The molecule has 2 fully saturated rings. The highest BCUT2D eigenvalue weighted by Gasteiger charge is 2.45. The Bertz CT molecular complexity index is 381. The molecular formula is C16H28N2O2. The summed E-state index contributed by atoms with van der Waals surface area (Å²) in [7, 11) is 0. The van der Waals surface area contributed by atoms with E-state index >= 15 is 0 Å². The van der Waals surface area contributed by atoms with Gasteiger partial charge in [0.2, 0.25) is 11.8 Å². The highest BCUT2D eigenvalue weighted by molar-refractivity contribution is 5.97. The van der Waals surface area contributed by atoms with E-state index < -0.39 is 0 Å². The third kappa shape index (κ3) is 2.70. The Labute approximate surface area is 122 Å². The fourth-order valence-electron chi connectivity index (χ4n) is 3.69. The topological polar surface area (TPSA) is 49.4 Å². The number of carbonyl (C=O) groups excluding carboxylic acids is 2. The van der Waals surface area contributed by atoms with E-state index in [0.717, 1.165) is 6.42 Å². The quantitative estimate of drug-likeness (QED) is 0.862. The summed E-state index contributed by atoms with van der Waals surface area (Å²) < 4.78 is 0. The number of nitrogens with zero attached hydrogens (tertiary/aromatic N) is 1. The third-order valence-electron chi connectivity index (χ3n) is 4.93. The Morgan fingerprint density at radius 2 is 1.90 bits per heavy atom. The van der Waals surface area contributed by atoms with Crippen molar-refractivity contribution in [3.8, 4) is 0 Å². The van der Waals surface area contributed by atoms with Crippen LogP contribution < -0.4 is 5.32 Å². The Balaban J connectivity index is 2.28. The zero-order chi connectivity index (χ0) is 14.9. The fraction of sp³-hybridized carbons (Fsp3) is 0.875. The second kappa shape index (κ2) is 6.15. The molecule has 114 valence electrons. The van der Waals surface area contributed by atoms with Crippen molar-refractivity contribution in [3.63, 3.8) is 0 Å². The van der Waals surface area contributed by atoms with Gasteiger partial charge in [-0.15, -0.1) is 0 Å². The van der Waals surface area contributed by atoms with Crippen LogP contribution in [0.15, 0.2) is 0 Å². The number of hydrogen-bond acceptors (Lipinski definition) is 2. The molecule has 0 aromatic rings. The van der Waals surface area contributed by atoms with Crippen molar-refractivity contribution in [2.45, 2.75) is 77.9 Å². The Morgan fingerprint density at radius 3 is 2.45 bits per heavy atom. The minimum absolute atomic E-state index is 0.0311. The van der Waals surface area contributed by atoms with Crippen LogP contribution in [0.25, 0.3) is 0 Å². The van der Waals surface area contributed by atoms with Gasteiger partial charge in [-0.25, -0.2) is 0 Å². The van der Waals surface area contributed by atoms with E-state index in [4.69, 9.17) is 0 Å². The molecule has 4 nitrogen and oxygen atoms in total. The normalized spacial score (nSPS) is 35.4. The average molecular weight is 280 g/mol. The van der Waals surface area contributed by atoms with Crippen molar-refractivity contribution >= 4 is 11.8 Å². The molecule has 4 atom stereocenters. The molecule has 20 heavy (non-hydrogen) atoms. The van der Waals surface area contributed by atoms with Crippen LogP contribution >= 0.6 is 0 Å². The molecule has 0 radical (unpaired) electrons. The summed E-state index contributed by atoms with van der Waals surface area (Å²) in [5.74, 6) is 0.805. The van der Waals surface area contributed by atoms with Crippen LogP contribution in [0.5, 0.6) is 0 Å². The van der Waals surface area contributed by atoms with Gasteiger partial charge in [0.1, 0.15) is 12.1 Å². The molecule has 1 aliphatic carbocycles. The van der Waals surface area contributed by atoms with Gasteiger partial charge in [0.15, 0.2) is 0 Å². The van der Waals surface area contributed by atoms with Gasteiger partial charge in [-0.1, -0.05) is 40.5 Å². The number of piperazine rings is 1. The van der Waals surface area contributed by atoms with Gasteiger partial charge >= 0.3 is 0 Å². The lowest BCUT2D eigenvalue weighted by molar-refractivity contribution is -0.155. The van der Waals surface area contributed by atoms with Gasteiger partial charge < -0.3 is 10.2 Å². The minimum atomic E-state index is -0.348. The summed E-state index contributed by atoms with van der Waals surface area (Å²) >= 11 is 0. The SMILES string of the molecule is CCC1C(=O)NC(C(C)C)C(=O)N1C1CCCCC1C. The fourth-order valence-corrected chi connectivity index (χ4v) is 3.69. The third-order valence-corrected chi connectivity index (χ3v) is 4.93.